The number of halogens is 1. The number of nitrogens with one attached hydrogen (secondary N) is 1. The molecule has 0 aliphatic rings. The molecule has 0 spiro atoms. The summed E-state index contributed by atoms with van der Waals surface area (Å²) in [7, 11) is 0. The molecule has 0 unspecified atom stereocenters. The second-order valence-electron chi connectivity index (χ2n) is 5.68. The van der Waals surface area contributed by atoms with Crippen LogP contribution in [0.3, 0.4) is 0 Å². The summed E-state index contributed by atoms with van der Waals surface area (Å²) in [6.45, 7) is 3.24. The van der Waals surface area contributed by atoms with E-state index in [-0.39, 0.29) is 17.5 Å². The molecule has 0 aliphatic heterocycles. The van der Waals surface area contributed by atoms with Crippen LogP contribution in [0, 0.1) is 5.82 Å². The number of hydrogen-bond acceptors (Lipinski definition) is 3. The van der Waals surface area contributed by atoms with Gasteiger partial charge in [-0.05, 0) is 37.1 Å². The first-order valence-electron chi connectivity index (χ1n) is 8.30. The van der Waals surface area contributed by atoms with Gasteiger partial charge in [-0.15, -0.1) is 0 Å². The van der Waals surface area contributed by atoms with Gasteiger partial charge in [-0.25, -0.2) is 4.39 Å². The summed E-state index contributed by atoms with van der Waals surface area (Å²) in [6, 6.07) is 13.8. The van der Waals surface area contributed by atoms with Gasteiger partial charge in [0, 0.05) is 24.1 Å². The predicted octanol–water partition coefficient (Wildman–Crippen LogP) is 4.08. The van der Waals surface area contributed by atoms with Gasteiger partial charge in [-0.3, -0.25) is 4.79 Å². The quantitative estimate of drug-likeness (QED) is 0.704. The van der Waals surface area contributed by atoms with E-state index in [0.717, 1.165) is 16.5 Å². The van der Waals surface area contributed by atoms with E-state index in [0.29, 0.717) is 31.8 Å². The number of para-hydroxylation sites is 1. The highest BCUT2D eigenvalue weighted by molar-refractivity contribution is 5.99. The number of furan rings is 1. The molecule has 1 amide bonds. The number of rotatable bonds is 7. The second-order valence-corrected chi connectivity index (χ2v) is 5.68. The number of amides is 1. The van der Waals surface area contributed by atoms with Gasteiger partial charge in [0.1, 0.15) is 11.4 Å². The van der Waals surface area contributed by atoms with Crippen LogP contribution >= 0.6 is 0 Å². The molecule has 0 saturated heterocycles. The van der Waals surface area contributed by atoms with Gasteiger partial charge in [-0.2, -0.15) is 0 Å². The van der Waals surface area contributed by atoms with E-state index in [4.69, 9.17) is 9.15 Å². The maximum absolute atomic E-state index is 12.9. The molecular weight excluding hydrogens is 321 g/mol. The average Bonchev–Trinajstić information content (AvgIpc) is 3.00. The highest BCUT2D eigenvalue weighted by Gasteiger charge is 2.20. The van der Waals surface area contributed by atoms with Crippen molar-refractivity contribution in [1.82, 2.24) is 5.32 Å². The van der Waals surface area contributed by atoms with Crippen LogP contribution in [0.2, 0.25) is 0 Å². The summed E-state index contributed by atoms with van der Waals surface area (Å²) in [5, 5.41) is 3.75. The van der Waals surface area contributed by atoms with Gasteiger partial charge in [0.05, 0.1) is 6.61 Å². The molecule has 0 saturated carbocycles. The molecule has 3 aromatic rings. The minimum Gasteiger partial charge on any atom is -0.451 e. The fourth-order valence-electron chi connectivity index (χ4n) is 2.68. The summed E-state index contributed by atoms with van der Waals surface area (Å²) in [5.74, 6) is -0.252. The van der Waals surface area contributed by atoms with E-state index in [2.05, 4.69) is 5.32 Å². The van der Waals surface area contributed by atoms with Crippen LogP contribution in [-0.4, -0.2) is 19.1 Å². The van der Waals surface area contributed by atoms with E-state index in [1.165, 1.54) is 12.1 Å². The monoisotopic (exact) mass is 341 g/mol. The summed E-state index contributed by atoms with van der Waals surface area (Å²) in [4.78, 5) is 12.5. The minimum atomic E-state index is -0.270. The van der Waals surface area contributed by atoms with Crippen LogP contribution in [0.15, 0.2) is 52.9 Å². The predicted molar refractivity (Wildman–Crippen MR) is 94.0 cm³/mol. The zero-order chi connectivity index (χ0) is 17.6. The average molecular weight is 341 g/mol. The van der Waals surface area contributed by atoms with Crippen molar-refractivity contribution in [3.05, 3.63) is 71.2 Å². The van der Waals surface area contributed by atoms with E-state index in [1.807, 2.05) is 31.2 Å². The molecular formula is C20H20FNO3. The minimum absolute atomic E-state index is 0.268. The summed E-state index contributed by atoms with van der Waals surface area (Å²) in [5.41, 5.74) is 2.39. The molecule has 25 heavy (non-hydrogen) atoms. The molecule has 1 N–H and O–H groups in total. The first-order valence-corrected chi connectivity index (χ1v) is 8.30. The Morgan fingerprint density at radius 1 is 1.16 bits per heavy atom. The van der Waals surface area contributed by atoms with Gasteiger partial charge >= 0.3 is 0 Å². The Balaban J connectivity index is 1.71. The third kappa shape index (κ3) is 4.06. The molecule has 2 aromatic carbocycles. The van der Waals surface area contributed by atoms with Gasteiger partial charge < -0.3 is 14.5 Å². The first-order chi connectivity index (χ1) is 12.2. The maximum Gasteiger partial charge on any atom is 0.287 e. The van der Waals surface area contributed by atoms with Crippen molar-refractivity contribution in [1.29, 1.82) is 0 Å². The SMILES string of the molecule is CCOCc1c(C(=O)NCCc2ccc(F)cc2)oc2ccccc12. The molecule has 0 fully saturated rings. The number of carbonyl (C=O) groups excluding carboxylic acids is 1. The summed E-state index contributed by atoms with van der Waals surface area (Å²) >= 11 is 0. The lowest BCUT2D eigenvalue weighted by atomic mass is 10.1. The number of carbonyl (C=O) groups is 1. The fourth-order valence-corrected chi connectivity index (χ4v) is 2.68. The van der Waals surface area contributed by atoms with E-state index in [1.54, 1.807) is 12.1 Å². The summed E-state index contributed by atoms with van der Waals surface area (Å²) < 4.78 is 24.1. The van der Waals surface area contributed by atoms with Crippen LogP contribution < -0.4 is 5.32 Å². The molecule has 0 radical (unpaired) electrons. The van der Waals surface area contributed by atoms with Crippen molar-refractivity contribution in [3.8, 4) is 0 Å². The molecule has 0 aliphatic carbocycles. The number of ether oxygens (including phenoxy) is 1. The normalized spacial score (nSPS) is 11.0. The lowest BCUT2D eigenvalue weighted by Crippen LogP contribution is -2.26. The number of fused-ring (bicyclic) bond motifs is 1. The second kappa shape index (κ2) is 7.94. The van der Waals surface area contributed by atoms with E-state index >= 15 is 0 Å². The van der Waals surface area contributed by atoms with Crippen molar-refractivity contribution < 1.29 is 18.3 Å². The third-order valence-electron chi connectivity index (χ3n) is 3.97. The van der Waals surface area contributed by atoms with Crippen molar-refractivity contribution in [2.24, 2.45) is 0 Å². The molecule has 0 bridgehead atoms. The van der Waals surface area contributed by atoms with Crippen LogP contribution in [0.25, 0.3) is 11.0 Å². The molecule has 130 valence electrons. The third-order valence-corrected chi connectivity index (χ3v) is 3.97. The largest absolute Gasteiger partial charge is 0.451 e. The lowest BCUT2D eigenvalue weighted by Gasteiger charge is -2.06. The molecule has 3 rings (SSSR count). The van der Waals surface area contributed by atoms with Crippen molar-refractivity contribution in [3.63, 3.8) is 0 Å². The van der Waals surface area contributed by atoms with E-state index in [9.17, 15) is 9.18 Å². The topological polar surface area (TPSA) is 51.5 Å². The van der Waals surface area contributed by atoms with Crippen molar-refractivity contribution in [2.75, 3.05) is 13.2 Å². The van der Waals surface area contributed by atoms with Crippen LogP contribution in [0.4, 0.5) is 4.39 Å². The maximum atomic E-state index is 12.9. The van der Waals surface area contributed by atoms with Gasteiger partial charge in [0.2, 0.25) is 0 Å². The molecule has 4 nitrogen and oxygen atoms in total. The Bertz CT molecular complexity index is 855. The molecule has 1 aromatic heterocycles. The van der Waals surface area contributed by atoms with Gasteiger partial charge in [0.25, 0.3) is 5.91 Å². The Morgan fingerprint density at radius 2 is 1.92 bits per heavy atom. The van der Waals surface area contributed by atoms with Crippen LogP contribution in [-0.2, 0) is 17.8 Å². The van der Waals surface area contributed by atoms with Gasteiger partial charge in [0.15, 0.2) is 5.76 Å². The Labute approximate surface area is 145 Å². The smallest absolute Gasteiger partial charge is 0.287 e. The van der Waals surface area contributed by atoms with E-state index < -0.39 is 0 Å². The zero-order valence-electron chi connectivity index (χ0n) is 14.0. The Morgan fingerprint density at radius 3 is 2.68 bits per heavy atom. The van der Waals surface area contributed by atoms with Gasteiger partial charge in [-0.1, -0.05) is 30.3 Å². The standard InChI is InChI=1S/C20H20FNO3/c1-2-24-13-17-16-5-3-4-6-18(16)25-19(17)20(23)22-12-11-14-7-9-15(21)10-8-14/h3-10H,2,11-13H2,1H3,(H,22,23). The van der Waals surface area contributed by atoms with Crippen molar-refractivity contribution in [2.45, 2.75) is 20.0 Å². The fraction of sp³-hybridized carbons (Fsp3) is 0.250. The first kappa shape index (κ1) is 17.2. The molecule has 0 atom stereocenters. The van der Waals surface area contributed by atoms with Crippen molar-refractivity contribution >= 4 is 16.9 Å². The Kier molecular flexibility index (Phi) is 5.46. The number of benzene rings is 2. The zero-order valence-corrected chi connectivity index (χ0v) is 14.0. The molecule has 5 heteroatoms. The lowest BCUT2D eigenvalue weighted by molar-refractivity contribution is 0.0915. The summed E-state index contributed by atoms with van der Waals surface area (Å²) in [6.07, 6.45) is 0.618. The van der Waals surface area contributed by atoms with Crippen LogP contribution in [0.1, 0.15) is 28.6 Å². The Hall–Kier alpha value is -2.66. The van der Waals surface area contributed by atoms with Crippen LogP contribution in [0.5, 0.6) is 0 Å². The highest BCUT2D eigenvalue weighted by Crippen LogP contribution is 2.26. The highest BCUT2D eigenvalue weighted by atomic mass is 19.1. The molecule has 1 heterocycles. The number of hydrogen-bond donors (Lipinski definition) is 1.